The summed E-state index contributed by atoms with van der Waals surface area (Å²) in [5, 5.41) is 0. The maximum atomic E-state index is 5.80. The van der Waals surface area contributed by atoms with E-state index in [0.29, 0.717) is 5.92 Å². The Bertz CT molecular complexity index is 510. The Morgan fingerprint density at radius 1 is 0.850 bits per heavy atom. The molecule has 0 heterocycles. The van der Waals surface area contributed by atoms with Gasteiger partial charge >= 0.3 is 0 Å². The zero-order valence-corrected chi connectivity index (χ0v) is 12.6. The van der Waals surface area contributed by atoms with Crippen LogP contribution in [-0.2, 0) is 6.42 Å². The van der Waals surface area contributed by atoms with Gasteiger partial charge in [0.2, 0.25) is 0 Å². The summed E-state index contributed by atoms with van der Waals surface area (Å²) < 4.78 is 0. The van der Waals surface area contributed by atoms with Gasteiger partial charge in [-0.3, -0.25) is 0 Å². The Labute approximate surface area is 122 Å². The van der Waals surface area contributed by atoms with E-state index in [-0.39, 0.29) is 0 Å². The molecule has 0 spiro atoms. The highest BCUT2D eigenvalue weighted by Crippen LogP contribution is 2.30. The molecule has 2 aromatic carbocycles. The topological polar surface area (TPSA) is 26.0 Å². The number of benzene rings is 2. The lowest BCUT2D eigenvalue weighted by Crippen LogP contribution is -2.02. The molecule has 1 unspecified atom stereocenters. The fourth-order valence-electron chi connectivity index (χ4n) is 2.65. The summed E-state index contributed by atoms with van der Waals surface area (Å²) in [6, 6.07) is 17.4. The largest absolute Gasteiger partial charge is 0.399 e. The summed E-state index contributed by atoms with van der Waals surface area (Å²) >= 11 is 0. The normalized spacial score (nSPS) is 12.3. The first-order valence-corrected chi connectivity index (χ1v) is 7.68. The predicted octanol–water partition coefficient (Wildman–Crippen LogP) is 5.15. The molecule has 1 heteroatoms. The zero-order valence-electron chi connectivity index (χ0n) is 12.6. The average molecular weight is 267 g/mol. The molecule has 0 aliphatic carbocycles. The highest BCUT2D eigenvalue weighted by atomic mass is 14.5. The van der Waals surface area contributed by atoms with Gasteiger partial charge in [-0.25, -0.2) is 0 Å². The predicted molar refractivity (Wildman–Crippen MR) is 88.0 cm³/mol. The minimum atomic E-state index is 0.487. The summed E-state index contributed by atoms with van der Waals surface area (Å²) in [6.45, 7) is 4.45. The Morgan fingerprint density at radius 3 is 1.90 bits per heavy atom. The molecule has 2 aromatic rings. The third-order valence-electron chi connectivity index (χ3n) is 3.98. The summed E-state index contributed by atoms with van der Waals surface area (Å²) in [6.07, 6.45) is 4.79. The van der Waals surface area contributed by atoms with Crippen molar-refractivity contribution in [1.29, 1.82) is 0 Å². The molecule has 0 aliphatic heterocycles. The van der Waals surface area contributed by atoms with E-state index >= 15 is 0 Å². The third-order valence-corrected chi connectivity index (χ3v) is 3.98. The molecule has 0 saturated carbocycles. The SMILES string of the molecule is CCCCC(c1ccc(N)cc1)c1ccc(CC)cc1. The number of anilines is 1. The highest BCUT2D eigenvalue weighted by Gasteiger charge is 2.13. The minimum absolute atomic E-state index is 0.487. The van der Waals surface area contributed by atoms with E-state index in [4.69, 9.17) is 5.73 Å². The molecule has 0 aromatic heterocycles. The molecule has 0 saturated heterocycles. The van der Waals surface area contributed by atoms with Crippen molar-refractivity contribution in [3.05, 3.63) is 65.2 Å². The van der Waals surface area contributed by atoms with E-state index in [1.165, 1.54) is 36.0 Å². The van der Waals surface area contributed by atoms with Crippen LogP contribution in [-0.4, -0.2) is 0 Å². The van der Waals surface area contributed by atoms with E-state index < -0.39 is 0 Å². The van der Waals surface area contributed by atoms with Gasteiger partial charge in [0.05, 0.1) is 0 Å². The molecular weight excluding hydrogens is 242 g/mol. The van der Waals surface area contributed by atoms with Gasteiger partial charge in [0.15, 0.2) is 0 Å². The second kappa shape index (κ2) is 7.14. The second-order valence-corrected chi connectivity index (χ2v) is 5.46. The van der Waals surface area contributed by atoms with Gasteiger partial charge in [-0.05, 0) is 41.7 Å². The first kappa shape index (κ1) is 14.6. The molecule has 0 aliphatic rings. The number of unbranched alkanes of at least 4 members (excludes halogenated alkanes) is 1. The van der Waals surface area contributed by atoms with Crippen LogP contribution in [0.5, 0.6) is 0 Å². The number of nitrogen functional groups attached to an aromatic ring is 1. The van der Waals surface area contributed by atoms with E-state index in [9.17, 15) is 0 Å². The molecular formula is C19H25N. The van der Waals surface area contributed by atoms with Crippen molar-refractivity contribution in [2.45, 2.75) is 45.4 Å². The number of hydrogen-bond acceptors (Lipinski definition) is 1. The van der Waals surface area contributed by atoms with Crippen LogP contribution in [0.3, 0.4) is 0 Å². The molecule has 1 nitrogen and oxygen atoms in total. The Morgan fingerprint density at radius 2 is 1.40 bits per heavy atom. The summed E-state index contributed by atoms with van der Waals surface area (Å²) in [4.78, 5) is 0. The van der Waals surface area contributed by atoms with E-state index in [0.717, 1.165) is 12.1 Å². The average Bonchev–Trinajstić information content (AvgIpc) is 2.50. The van der Waals surface area contributed by atoms with Crippen LogP contribution < -0.4 is 5.73 Å². The molecule has 0 bridgehead atoms. The lowest BCUT2D eigenvalue weighted by atomic mass is 9.86. The fourth-order valence-corrected chi connectivity index (χ4v) is 2.65. The molecule has 1 atom stereocenters. The monoisotopic (exact) mass is 267 g/mol. The third kappa shape index (κ3) is 3.63. The lowest BCUT2D eigenvalue weighted by molar-refractivity contribution is 0.650. The summed E-state index contributed by atoms with van der Waals surface area (Å²) in [5.41, 5.74) is 10.8. The zero-order chi connectivity index (χ0) is 14.4. The van der Waals surface area contributed by atoms with Gasteiger partial charge in [0.25, 0.3) is 0 Å². The Hall–Kier alpha value is -1.76. The highest BCUT2D eigenvalue weighted by molar-refractivity contribution is 5.43. The van der Waals surface area contributed by atoms with Gasteiger partial charge in [0, 0.05) is 11.6 Å². The van der Waals surface area contributed by atoms with Gasteiger partial charge in [-0.15, -0.1) is 0 Å². The molecule has 2 N–H and O–H groups in total. The van der Waals surface area contributed by atoms with Crippen LogP contribution >= 0.6 is 0 Å². The summed E-state index contributed by atoms with van der Waals surface area (Å²) in [7, 11) is 0. The van der Waals surface area contributed by atoms with Crippen LogP contribution in [0.2, 0.25) is 0 Å². The molecule has 20 heavy (non-hydrogen) atoms. The molecule has 2 rings (SSSR count). The van der Waals surface area contributed by atoms with Crippen molar-refractivity contribution in [2.24, 2.45) is 0 Å². The number of nitrogens with two attached hydrogens (primary N) is 1. The van der Waals surface area contributed by atoms with Crippen LogP contribution in [0.4, 0.5) is 5.69 Å². The summed E-state index contributed by atoms with van der Waals surface area (Å²) in [5.74, 6) is 0.487. The molecule has 106 valence electrons. The smallest absolute Gasteiger partial charge is 0.0314 e. The fraction of sp³-hybridized carbons (Fsp3) is 0.368. The second-order valence-electron chi connectivity index (χ2n) is 5.46. The van der Waals surface area contributed by atoms with Crippen LogP contribution in [0.1, 0.15) is 55.7 Å². The lowest BCUT2D eigenvalue weighted by Gasteiger charge is -2.18. The minimum Gasteiger partial charge on any atom is -0.399 e. The number of rotatable bonds is 6. The van der Waals surface area contributed by atoms with Crippen molar-refractivity contribution in [1.82, 2.24) is 0 Å². The molecule has 0 amide bonds. The first-order chi connectivity index (χ1) is 9.74. The maximum Gasteiger partial charge on any atom is 0.0314 e. The van der Waals surface area contributed by atoms with Crippen LogP contribution in [0, 0.1) is 0 Å². The van der Waals surface area contributed by atoms with Crippen molar-refractivity contribution in [3.8, 4) is 0 Å². The van der Waals surface area contributed by atoms with E-state index in [2.05, 4.69) is 50.2 Å². The first-order valence-electron chi connectivity index (χ1n) is 7.68. The van der Waals surface area contributed by atoms with Gasteiger partial charge < -0.3 is 5.73 Å². The van der Waals surface area contributed by atoms with Crippen molar-refractivity contribution in [3.63, 3.8) is 0 Å². The van der Waals surface area contributed by atoms with Crippen molar-refractivity contribution in [2.75, 3.05) is 5.73 Å². The maximum absolute atomic E-state index is 5.80. The standard InChI is InChI=1S/C19H25N/c1-3-5-6-19(17-11-13-18(20)14-12-17)16-9-7-15(4-2)8-10-16/h7-14,19H,3-6,20H2,1-2H3. The quantitative estimate of drug-likeness (QED) is 0.719. The van der Waals surface area contributed by atoms with Crippen LogP contribution in [0.15, 0.2) is 48.5 Å². The van der Waals surface area contributed by atoms with Crippen molar-refractivity contribution < 1.29 is 0 Å². The van der Waals surface area contributed by atoms with Gasteiger partial charge in [0.1, 0.15) is 0 Å². The number of hydrogen-bond donors (Lipinski definition) is 1. The van der Waals surface area contributed by atoms with E-state index in [1.807, 2.05) is 12.1 Å². The van der Waals surface area contributed by atoms with E-state index in [1.54, 1.807) is 0 Å². The molecule has 0 radical (unpaired) electrons. The Kier molecular flexibility index (Phi) is 5.23. The van der Waals surface area contributed by atoms with Crippen LogP contribution in [0.25, 0.3) is 0 Å². The molecule has 0 fully saturated rings. The van der Waals surface area contributed by atoms with Gasteiger partial charge in [-0.1, -0.05) is 63.1 Å². The Balaban J connectivity index is 2.27. The van der Waals surface area contributed by atoms with Crippen molar-refractivity contribution >= 4 is 5.69 Å². The van der Waals surface area contributed by atoms with Gasteiger partial charge in [-0.2, -0.15) is 0 Å². The number of aryl methyl sites for hydroxylation is 1.